The first-order chi connectivity index (χ1) is 9.20. The average Bonchev–Trinajstić information content (AvgIpc) is 2.87. The first-order valence-electron chi connectivity index (χ1n) is 5.96. The second-order valence-corrected chi connectivity index (χ2v) is 5.72. The summed E-state index contributed by atoms with van der Waals surface area (Å²) in [4.78, 5) is 0. The van der Waals surface area contributed by atoms with Gasteiger partial charge in [0.25, 0.3) is 0 Å². The fraction of sp³-hybridized carbons (Fsp3) is 0.385. The maximum Gasteiger partial charge on any atom is 0.249 e. The predicted molar refractivity (Wildman–Crippen MR) is 77.2 cm³/mol. The van der Waals surface area contributed by atoms with Gasteiger partial charge in [0.2, 0.25) is 11.8 Å². The number of halogens is 1. The Balaban J connectivity index is 1.98. The molecule has 0 radical (unpaired) electrons. The summed E-state index contributed by atoms with van der Waals surface area (Å²) < 4.78 is 5.58. The molecule has 1 aromatic carbocycles. The number of hydrogen-bond donors (Lipinski definition) is 1. The van der Waals surface area contributed by atoms with Crippen molar-refractivity contribution in [1.29, 1.82) is 0 Å². The van der Waals surface area contributed by atoms with E-state index in [1.54, 1.807) is 17.8 Å². The lowest BCUT2D eigenvalue weighted by atomic mass is 10.2. The molecule has 6 heteroatoms. The van der Waals surface area contributed by atoms with Crippen molar-refractivity contribution in [1.82, 2.24) is 10.2 Å². The highest BCUT2D eigenvalue weighted by Crippen LogP contribution is 2.27. The molecule has 0 saturated carbocycles. The highest BCUT2D eigenvalue weighted by molar-refractivity contribution is 7.98. The molecule has 2 rings (SSSR count). The summed E-state index contributed by atoms with van der Waals surface area (Å²) in [5, 5.41) is 17.5. The van der Waals surface area contributed by atoms with Crippen LogP contribution in [0.1, 0.15) is 12.8 Å². The Morgan fingerprint density at radius 2 is 2.16 bits per heavy atom. The first-order valence-corrected chi connectivity index (χ1v) is 7.50. The van der Waals surface area contributed by atoms with Crippen LogP contribution in [0.3, 0.4) is 0 Å². The molecule has 0 saturated heterocycles. The Labute approximate surface area is 121 Å². The van der Waals surface area contributed by atoms with Crippen LogP contribution in [-0.2, 0) is 5.75 Å². The van der Waals surface area contributed by atoms with Gasteiger partial charge in [0.15, 0.2) is 0 Å². The van der Waals surface area contributed by atoms with Crippen molar-refractivity contribution in [2.75, 3.05) is 12.4 Å². The monoisotopic (exact) mass is 298 g/mol. The summed E-state index contributed by atoms with van der Waals surface area (Å²) in [5.74, 6) is 2.79. The molecule has 2 aromatic rings. The summed E-state index contributed by atoms with van der Waals surface area (Å²) in [5.41, 5.74) is 0.747. The van der Waals surface area contributed by atoms with E-state index in [9.17, 15) is 0 Å². The molecule has 19 heavy (non-hydrogen) atoms. The highest BCUT2D eigenvalue weighted by Gasteiger charge is 2.11. The second kappa shape index (κ2) is 6.93. The van der Waals surface area contributed by atoms with Crippen LogP contribution in [0.25, 0.3) is 11.5 Å². The lowest BCUT2D eigenvalue weighted by Gasteiger charge is -2.04. The zero-order valence-electron chi connectivity index (χ0n) is 10.5. The minimum atomic E-state index is 0.196. The normalized spacial score (nSPS) is 12.6. The van der Waals surface area contributed by atoms with Crippen LogP contribution >= 0.6 is 23.4 Å². The highest BCUT2D eigenvalue weighted by atomic mass is 35.5. The van der Waals surface area contributed by atoms with E-state index in [-0.39, 0.29) is 12.5 Å². The smallest absolute Gasteiger partial charge is 0.249 e. The summed E-state index contributed by atoms with van der Waals surface area (Å²) in [6, 6.07) is 7.37. The molecule has 1 aromatic heterocycles. The van der Waals surface area contributed by atoms with E-state index in [0.717, 1.165) is 11.3 Å². The molecule has 0 aliphatic carbocycles. The molecule has 0 fully saturated rings. The third-order valence-electron chi connectivity index (χ3n) is 2.51. The number of benzene rings is 1. The molecular formula is C13H15ClN2O2S. The van der Waals surface area contributed by atoms with Gasteiger partial charge in [0, 0.05) is 6.61 Å². The molecule has 102 valence electrons. The average molecular weight is 299 g/mol. The molecule has 4 nitrogen and oxygen atoms in total. The van der Waals surface area contributed by atoms with Gasteiger partial charge in [0.05, 0.1) is 16.3 Å². The van der Waals surface area contributed by atoms with E-state index >= 15 is 0 Å². The van der Waals surface area contributed by atoms with Crippen molar-refractivity contribution < 1.29 is 9.52 Å². The number of rotatable bonds is 6. The van der Waals surface area contributed by atoms with Crippen molar-refractivity contribution in [3.8, 4) is 11.5 Å². The molecule has 1 heterocycles. The van der Waals surface area contributed by atoms with Gasteiger partial charge in [-0.2, -0.15) is 11.8 Å². The van der Waals surface area contributed by atoms with E-state index in [1.165, 1.54) is 0 Å². The van der Waals surface area contributed by atoms with Crippen LogP contribution in [0.15, 0.2) is 28.7 Å². The van der Waals surface area contributed by atoms with E-state index in [2.05, 4.69) is 10.2 Å². The number of nitrogens with zero attached hydrogens (tertiary/aromatic N) is 2. The van der Waals surface area contributed by atoms with Crippen LogP contribution in [0.5, 0.6) is 0 Å². The second-order valence-electron chi connectivity index (χ2n) is 4.28. The first kappa shape index (κ1) is 14.4. The standard InChI is InChI=1S/C13H15ClN2O2S/c1-9(6-17)7-19-8-12-15-16-13(18-12)10-4-2-3-5-11(10)14/h2-5,9,17H,6-8H2,1H3. The van der Waals surface area contributed by atoms with Crippen molar-refractivity contribution in [2.24, 2.45) is 5.92 Å². The van der Waals surface area contributed by atoms with Crippen LogP contribution in [0.2, 0.25) is 5.02 Å². The third kappa shape index (κ3) is 3.96. The van der Waals surface area contributed by atoms with Gasteiger partial charge < -0.3 is 9.52 Å². The van der Waals surface area contributed by atoms with Gasteiger partial charge in [-0.3, -0.25) is 0 Å². The van der Waals surface area contributed by atoms with Gasteiger partial charge in [-0.1, -0.05) is 30.7 Å². The zero-order valence-corrected chi connectivity index (χ0v) is 12.1. The SMILES string of the molecule is CC(CO)CSCc1nnc(-c2ccccc2Cl)o1. The van der Waals surface area contributed by atoms with E-state index in [4.69, 9.17) is 21.1 Å². The van der Waals surface area contributed by atoms with E-state index in [0.29, 0.717) is 22.6 Å². The van der Waals surface area contributed by atoms with E-state index in [1.807, 2.05) is 25.1 Å². The summed E-state index contributed by atoms with van der Waals surface area (Å²) in [6.45, 7) is 2.19. The lowest BCUT2D eigenvalue weighted by Crippen LogP contribution is -2.03. The molecular weight excluding hydrogens is 284 g/mol. The molecule has 1 unspecified atom stereocenters. The Morgan fingerprint density at radius 1 is 1.37 bits per heavy atom. The molecule has 0 spiro atoms. The van der Waals surface area contributed by atoms with Gasteiger partial charge in [-0.15, -0.1) is 10.2 Å². The molecule has 0 bridgehead atoms. The quantitative estimate of drug-likeness (QED) is 0.887. The van der Waals surface area contributed by atoms with Gasteiger partial charge >= 0.3 is 0 Å². The van der Waals surface area contributed by atoms with Crippen LogP contribution in [-0.4, -0.2) is 27.7 Å². The molecule has 0 aliphatic heterocycles. The van der Waals surface area contributed by atoms with Crippen molar-refractivity contribution in [3.63, 3.8) is 0 Å². The summed E-state index contributed by atoms with van der Waals surface area (Å²) >= 11 is 7.73. The predicted octanol–water partition coefficient (Wildman–Crippen LogP) is 3.25. The zero-order chi connectivity index (χ0) is 13.7. The number of thioether (sulfide) groups is 1. The molecule has 0 amide bonds. The maximum atomic E-state index is 8.94. The van der Waals surface area contributed by atoms with Crippen LogP contribution in [0.4, 0.5) is 0 Å². The number of hydrogen-bond acceptors (Lipinski definition) is 5. The summed E-state index contributed by atoms with van der Waals surface area (Å²) in [6.07, 6.45) is 0. The largest absolute Gasteiger partial charge is 0.420 e. The molecule has 1 N–H and O–H groups in total. The third-order valence-corrected chi connectivity index (χ3v) is 4.10. The topological polar surface area (TPSA) is 59.2 Å². The number of aliphatic hydroxyl groups is 1. The Bertz CT molecular complexity index is 533. The Hall–Kier alpha value is -1.04. The van der Waals surface area contributed by atoms with Crippen molar-refractivity contribution >= 4 is 23.4 Å². The van der Waals surface area contributed by atoms with Crippen molar-refractivity contribution in [3.05, 3.63) is 35.2 Å². The number of aromatic nitrogens is 2. The van der Waals surface area contributed by atoms with Crippen molar-refractivity contribution in [2.45, 2.75) is 12.7 Å². The van der Waals surface area contributed by atoms with E-state index < -0.39 is 0 Å². The minimum absolute atomic E-state index is 0.196. The lowest BCUT2D eigenvalue weighted by molar-refractivity contribution is 0.250. The van der Waals surface area contributed by atoms with Gasteiger partial charge in [-0.25, -0.2) is 0 Å². The number of aliphatic hydroxyl groups excluding tert-OH is 1. The molecule has 0 aliphatic rings. The summed E-state index contributed by atoms with van der Waals surface area (Å²) in [7, 11) is 0. The minimum Gasteiger partial charge on any atom is -0.420 e. The Kier molecular flexibility index (Phi) is 5.24. The molecule has 1 atom stereocenters. The fourth-order valence-corrected chi connectivity index (χ4v) is 2.59. The maximum absolute atomic E-state index is 8.94. The fourth-order valence-electron chi connectivity index (χ4n) is 1.46. The van der Waals surface area contributed by atoms with Crippen LogP contribution < -0.4 is 0 Å². The van der Waals surface area contributed by atoms with Gasteiger partial charge in [0.1, 0.15) is 0 Å². The van der Waals surface area contributed by atoms with Gasteiger partial charge in [-0.05, 0) is 23.8 Å². The van der Waals surface area contributed by atoms with Crippen LogP contribution in [0, 0.1) is 5.92 Å². The Morgan fingerprint density at radius 3 is 2.89 bits per heavy atom.